The van der Waals surface area contributed by atoms with Gasteiger partial charge in [-0.2, -0.15) is 0 Å². The van der Waals surface area contributed by atoms with Crippen LogP contribution < -0.4 is 10.1 Å². The summed E-state index contributed by atoms with van der Waals surface area (Å²) in [6, 6.07) is 1.20. The average molecular weight is 402 g/mol. The van der Waals surface area contributed by atoms with Crippen LogP contribution in [0.5, 0.6) is 5.75 Å². The first kappa shape index (κ1) is 20.1. The molecule has 0 radical (unpaired) electrons. The maximum atomic E-state index is 12.9. The molecule has 0 saturated carbocycles. The first-order valence-electron chi connectivity index (χ1n) is 9.46. The molecular formula is C21H24ClN3O3. The van der Waals surface area contributed by atoms with E-state index in [9.17, 15) is 9.59 Å². The van der Waals surface area contributed by atoms with E-state index in [1.54, 1.807) is 17.2 Å². The number of amides is 2. The summed E-state index contributed by atoms with van der Waals surface area (Å²) in [5, 5.41) is 3.70. The molecule has 1 N–H and O–H groups in total. The smallest absolute Gasteiger partial charge is 0.256 e. The largest absolute Gasteiger partial charge is 0.492 e. The minimum Gasteiger partial charge on any atom is -0.492 e. The summed E-state index contributed by atoms with van der Waals surface area (Å²) in [6.45, 7) is 3.32. The van der Waals surface area contributed by atoms with Crippen molar-refractivity contribution < 1.29 is 14.3 Å². The van der Waals surface area contributed by atoms with Crippen LogP contribution in [0.25, 0.3) is 0 Å². The maximum absolute atomic E-state index is 12.9. The van der Waals surface area contributed by atoms with Crippen molar-refractivity contribution in [1.29, 1.82) is 0 Å². The summed E-state index contributed by atoms with van der Waals surface area (Å²) in [6.07, 6.45) is 12.9. The summed E-state index contributed by atoms with van der Waals surface area (Å²) in [5.74, 6) is 0.204. The first-order chi connectivity index (χ1) is 13.6. The number of nitrogens with zero attached hydrogens (tertiary/aromatic N) is 2. The zero-order chi connectivity index (χ0) is 19.9. The van der Waals surface area contributed by atoms with E-state index in [1.807, 2.05) is 31.2 Å². The molecule has 1 atom stereocenters. The molecule has 0 aromatic carbocycles. The number of aromatic nitrogens is 1. The lowest BCUT2D eigenvalue weighted by Gasteiger charge is -2.24. The molecule has 148 valence electrons. The third-order valence-electron chi connectivity index (χ3n) is 4.68. The highest BCUT2D eigenvalue weighted by Gasteiger charge is 2.34. The van der Waals surface area contributed by atoms with Gasteiger partial charge in [-0.1, -0.05) is 29.8 Å². The number of rotatable bonds is 6. The summed E-state index contributed by atoms with van der Waals surface area (Å²) < 4.78 is 5.42. The molecule has 1 unspecified atom stereocenters. The van der Waals surface area contributed by atoms with Crippen LogP contribution in [0.15, 0.2) is 53.4 Å². The number of halogens is 1. The van der Waals surface area contributed by atoms with E-state index in [0.29, 0.717) is 43.9 Å². The summed E-state index contributed by atoms with van der Waals surface area (Å²) in [4.78, 5) is 31.3. The van der Waals surface area contributed by atoms with Gasteiger partial charge in [-0.25, -0.2) is 0 Å². The van der Waals surface area contributed by atoms with E-state index in [0.717, 1.165) is 17.0 Å². The Balaban J connectivity index is 1.64. The van der Waals surface area contributed by atoms with Gasteiger partial charge in [0.05, 0.1) is 18.4 Å². The Hall–Kier alpha value is -2.60. The Morgan fingerprint density at radius 1 is 1.36 bits per heavy atom. The van der Waals surface area contributed by atoms with E-state index >= 15 is 0 Å². The van der Waals surface area contributed by atoms with Gasteiger partial charge >= 0.3 is 0 Å². The Bertz CT molecular complexity index is 832. The van der Waals surface area contributed by atoms with Crippen molar-refractivity contribution >= 4 is 23.4 Å². The zero-order valence-corrected chi connectivity index (χ0v) is 16.6. The van der Waals surface area contributed by atoms with Crippen LogP contribution in [0, 0.1) is 0 Å². The monoisotopic (exact) mass is 401 g/mol. The van der Waals surface area contributed by atoms with Crippen LogP contribution in [-0.2, 0) is 4.79 Å². The molecule has 1 aromatic rings. The van der Waals surface area contributed by atoms with Gasteiger partial charge in [-0.05, 0) is 37.5 Å². The third kappa shape index (κ3) is 5.01. The normalized spacial score (nSPS) is 18.9. The highest BCUT2D eigenvalue weighted by atomic mass is 35.5. The van der Waals surface area contributed by atoms with Gasteiger partial charge in [-0.3, -0.25) is 14.6 Å². The Morgan fingerprint density at radius 2 is 2.21 bits per heavy atom. The first-order valence-corrected chi connectivity index (χ1v) is 9.84. The number of hydrogen-bond acceptors (Lipinski definition) is 4. The minimum atomic E-state index is -0.474. The van der Waals surface area contributed by atoms with Crippen LogP contribution in [0.4, 0.5) is 0 Å². The SMILES string of the molecule is CCOc1cncc(C(=O)N2CCCC2C(=O)NCC2=CC=C(Cl)CC=C2)c1. The van der Waals surface area contributed by atoms with Gasteiger partial charge in [0, 0.05) is 30.7 Å². The number of carbonyl (C=O) groups is 2. The van der Waals surface area contributed by atoms with Crippen molar-refractivity contribution in [2.75, 3.05) is 19.7 Å². The Kier molecular flexibility index (Phi) is 6.87. The summed E-state index contributed by atoms with van der Waals surface area (Å²) in [7, 11) is 0. The van der Waals surface area contributed by atoms with Crippen LogP contribution in [0.3, 0.4) is 0 Å². The molecule has 2 amide bonds. The average Bonchev–Trinajstić information content (AvgIpc) is 3.10. The number of allylic oxidation sites excluding steroid dienone is 4. The molecule has 6 nitrogen and oxygen atoms in total. The molecule has 0 bridgehead atoms. The number of nitrogens with one attached hydrogen (secondary N) is 1. The van der Waals surface area contributed by atoms with Gasteiger partial charge in [0.2, 0.25) is 5.91 Å². The number of likely N-dealkylation sites (tertiary alicyclic amines) is 1. The van der Waals surface area contributed by atoms with Crippen LogP contribution in [0.2, 0.25) is 0 Å². The number of hydrogen-bond donors (Lipinski definition) is 1. The van der Waals surface area contributed by atoms with Crippen LogP contribution in [0.1, 0.15) is 36.5 Å². The maximum Gasteiger partial charge on any atom is 0.256 e. The molecule has 1 aliphatic heterocycles. The Morgan fingerprint density at radius 3 is 3.04 bits per heavy atom. The quantitative estimate of drug-likeness (QED) is 0.794. The summed E-state index contributed by atoms with van der Waals surface area (Å²) in [5.41, 5.74) is 1.40. The standard InChI is InChI=1S/C21H24ClN3O3/c1-2-28-18-11-16(13-23-14-18)21(27)25-10-4-7-19(25)20(26)24-12-15-5-3-6-17(22)9-8-15/h3,5,8-9,11,13-14,19H,2,4,6-7,10,12H2,1H3,(H,24,26). The second kappa shape index (κ2) is 9.55. The van der Waals surface area contributed by atoms with Crippen molar-refractivity contribution in [2.45, 2.75) is 32.2 Å². The van der Waals surface area contributed by atoms with Crippen molar-refractivity contribution in [3.63, 3.8) is 0 Å². The van der Waals surface area contributed by atoms with Gasteiger partial charge in [-0.15, -0.1) is 0 Å². The lowest BCUT2D eigenvalue weighted by atomic mass is 10.1. The van der Waals surface area contributed by atoms with E-state index in [-0.39, 0.29) is 11.8 Å². The fourth-order valence-corrected chi connectivity index (χ4v) is 3.45. The Labute approximate surface area is 169 Å². The second-order valence-electron chi connectivity index (χ2n) is 6.68. The molecule has 1 fully saturated rings. The van der Waals surface area contributed by atoms with Crippen molar-refractivity contribution in [1.82, 2.24) is 15.2 Å². The van der Waals surface area contributed by atoms with E-state index in [1.165, 1.54) is 6.20 Å². The highest BCUT2D eigenvalue weighted by molar-refractivity contribution is 6.29. The molecule has 0 spiro atoms. The minimum absolute atomic E-state index is 0.145. The zero-order valence-electron chi connectivity index (χ0n) is 15.9. The predicted molar refractivity (Wildman–Crippen MR) is 108 cm³/mol. The van der Waals surface area contributed by atoms with Crippen molar-refractivity contribution in [2.24, 2.45) is 0 Å². The molecule has 2 aliphatic rings. The fourth-order valence-electron chi connectivity index (χ4n) is 3.30. The van der Waals surface area contributed by atoms with Gasteiger partial charge < -0.3 is 15.0 Å². The number of pyridine rings is 1. The molecule has 28 heavy (non-hydrogen) atoms. The highest BCUT2D eigenvalue weighted by Crippen LogP contribution is 2.22. The molecule has 3 rings (SSSR count). The second-order valence-corrected chi connectivity index (χ2v) is 7.16. The van der Waals surface area contributed by atoms with E-state index < -0.39 is 6.04 Å². The molecular weight excluding hydrogens is 378 g/mol. The van der Waals surface area contributed by atoms with Crippen LogP contribution in [-0.4, -0.2) is 47.4 Å². The molecule has 2 heterocycles. The van der Waals surface area contributed by atoms with Crippen LogP contribution >= 0.6 is 11.6 Å². The molecule has 1 aliphatic carbocycles. The molecule has 1 aromatic heterocycles. The van der Waals surface area contributed by atoms with Gasteiger partial charge in [0.1, 0.15) is 11.8 Å². The third-order valence-corrected chi connectivity index (χ3v) is 4.96. The lowest BCUT2D eigenvalue weighted by Crippen LogP contribution is -2.46. The summed E-state index contributed by atoms with van der Waals surface area (Å²) >= 11 is 6.02. The van der Waals surface area contributed by atoms with Crippen molar-refractivity contribution in [3.8, 4) is 5.75 Å². The fraction of sp³-hybridized carbons (Fsp3) is 0.381. The van der Waals surface area contributed by atoms with Gasteiger partial charge in [0.15, 0.2) is 0 Å². The van der Waals surface area contributed by atoms with Gasteiger partial charge in [0.25, 0.3) is 5.91 Å². The lowest BCUT2D eigenvalue weighted by molar-refractivity contribution is -0.124. The van der Waals surface area contributed by atoms with E-state index in [4.69, 9.17) is 16.3 Å². The predicted octanol–water partition coefficient (Wildman–Crippen LogP) is 3.21. The molecule has 1 saturated heterocycles. The molecule has 7 heteroatoms. The number of ether oxygens (including phenoxy) is 1. The van der Waals surface area contributed by atoms with Crippen molar-refractivity contribution in [3.05, 3.63) is 58.9 Å². The van der Waals surface area contributed by atoms with E-state index in [2.05, 4.69) is 10.3 Å². The topological polar surface area (TPSA) is 71.5 Å². The number of carbonyl (C=O) groups excluding carboxylic acids is 2.